The summed E-state index contributed by atoms with van der Waals surface area (Å²) in [5.74, 6) is 1.08. The number of hydrogen-bond donors (Lipinski definition) is 1. The molecule has 2 aromatic rings. The maximum absolute atomic E-state index is 5.80. The molecule has 0 radical (unpaired) electrons. The quantitative estimate of drug-likeness (QED) is 0.676. The van der Waals surface area contributed by atoms with E-state index < -0.39 is 0 Å². The zero-order valence-electron chi connectivity index (χ0n) is 10.1. The number of thiazole rings is 1. The molecule has 4 heteroatoms. The predicted molar refractivity (Wildman–Crippen MR) is 76.9 cm³/mol. The van der Waals surface area contributed by atoms with Gasteiger partial charge in [-0.05, 0) is 38.0 Å². The number of aryl methyl sites for hydroxylation is 3. The van der Waals surface area contributed by atoms with Crippen LogP contribution in [0.3, 0.4) is 0 Å². The van der Waals surface area contributed by atoms with Gasteiger partial charge in [-0.25, -0.2) is 4.98 Å². The number of benzene rings is 1. The van der Waals surface area contributed by atoms with Crippen LogP contribution in [-0.4, -0.2) is 10.7 Å². The topological polar surface area (TPSA) is 38.9 Å². The summed E-state index contributed by atoms with van der Waals surface area (Å²) < 4.78 is 0. The van der Waals surface area contributed by atoms with Crippen LogP contribution >= 0.6 is 23.1 Å². The van der Waals surface area contributed by atoms with Gasteiger partial charge in [-0.3, -0.25) is 0 Å². The van der Waals surface area contributed by atoms with E-state index >= 15 is 0 Å². The summed E-state index contributed by atoms with van der Waals surface area (Å²) in [6.45, 7) is 4.20. The lowest BCUT2D eigenvalue weighted by atomic mass is 10.2. The van der Waals surface area contributed by atoms with Gasteiger partial charge < -0.3 is 5.73 Å². The van der Waals surface area contributed by atoms with Crippen LogP contribution in [0.2, 0.25) is 0 Å². The highest BCUT2D eigenvalue weighted by Gasteiger charge is 2.03. The van der Waals surface area contributed by atoms with Crippen LogP contribution in [0.25, 0.3) is 0 Å². The van der Waals surface area contributed by atoms with Crippen molar-refractivity contribution in [1.82, 2.24) is 4.98 Å². The van der Waals surface area contributed by atoms with Gasteiger partial charge in [-0.15, -0.1) is 23.1 Å². The Morgan fingerprint density at radius 1 is 1.35 bits per heavy atom. The van der Waals surface area contributed by atoms with Gasteiger partial charge in [0, 0.05) is 21.2 Å². The average Bonchev–Trinajstić information content (AvgIpc) is 2.70. The first-order valence-corrected chi connectivity index (χ1v) is 7.41. The second kappa shape index (κ2) is 5.56. The molecule has 0 aliphatic heterocycles. The van der Waals surface area contributed by atoms with Crippen molar-refractivity contribution in [3.8, 4) is 0 Å². The minimum Gasteiger partial charge on any atom is -0.399 e. The predicted octanol–water partition coefficient (Wildman–Crippen LogP) is 3.68. The maximum atomic E-state index is 5.80. The largest absolute Gasteiger partial charge is 0.399 e. The van der Waals surface area contributed by atoms with Crippen molar-refractivity contribution >= 4 is 28.8 Å². The smallest absolute Gasteiger partial charge is 0.0797 e. The van der Waals surface area contributed by atoms with Crippen molar-refractivity contribution in [2.45, 2.75) is 25.2 Å². The van der Waals surface area contributed by atoms with Gasteiger partial charge in [-0.1, -0.05) is 6.07 Å². The molecular weight excluding hydrogens is 248 g/mol. The number of hydrogen-bond acceptors (Lipinski definition) is 4. The molecule has 0 aliphatic rings. The van der Waals surface area contributed by atoms with E-state index in [1.165, 1.54) is 21.0 Å². The number of thioether (sulfide) groups is 1. The van der Waals surface area contributed by atoms with Crippen LogP contribution in [-0.2, 0) is 6.42 Å². The molecule has 0 spiro atoms. The van der Waals surface area contributed by atoms with E-state index in [4.69, 9.17) is 5.73 Å². The Morgan fingerprint density at radius 2 is 2.18 bits per heavy atom. The van der Waals surface area contributed by atoms with Gasteiger partial charge in [-0.2, -0.15) is 0 Å². The van der Waals surface area contributed by atoms with Crippen molar-refractivity contribution in [2.75, 3.05) is 11.5 Å². The molecule has 0 saturated heterocycles. The van der Waals surface area contributed by atoms with Gasteiger partial charge in [0.25, 0.3) is 0 Å². The summed E-state index contributed by atoms with van der Waals surface area (Å²) in [5.41, 5.74) is 11.0. The van der Waals surface area contributed by atoms with Crippen LogP contribution in [0.4, 0.5) is 5.69 Å². The first kappa shape index (κ1) is 12.5. The van der Waals surface area contributed by atoms with Crippen LogP contribution in [0, 0.1) is 13.8 Å². The van der Waals surface area contributed by atoms with Crippen LogP contribution in [0.5, 0.6) is 0 Å². The molecule has 0 saturated carbocycles. The lowest BCUT2D eigenvalue weighted by Gasteiger charge is -2.06. The fraction of sp³-hybridized carbons (Fsp3) is 0.308. The molecule has 2 nitrogen and oxygen atoms in total. The number of nitrogens with two attached hydrogens (primary N) is 1. The van der Waals surface area contributed by atoms with E-state index in [1.54, 1.807) is 11.3 Å². The van der Waals surface area contributed by atoms with E-state index in [9.17, 15) is 0 Å². The van der Waals surface area contributed by atoms with Crippen LogP contribution < -0.4 is 5.73 Å². The van der Waals surface area contributed by atoms with Gasteiger partial charge >= 0.3 is 0 Å². The minimum atomic E-state index is 0.840. The molecule has 1 aromatic heterocycles. The molecule has 0 amide bonds. The van der Waals surface area contributed by atoms with E-state index in [-0.39, 0.29) is 0 Å². The third kappa shape index (κ3) is 3.23. The molecule has 1 aromatic carbocycles. The fourth-order valence-electron chi connectivity index (χ4n) is 1.59. The van der Waals surface area contributed by atoms with E-state index in [2.05, 4.69) is 31.0 Å². The number of nitrogen functional groups attached to an aromatic ring is 1. The molecule has 2 rings (SSSR count). The molecule has 0 unspecified atom stereocenters. The molecule has 0 aliphatic carbocycles. The van der Waals surface area contributed by atoms with E-state index in [1.807, 2.05) is 23.3 Å². The summed E-state index contributed by atoms with van der Waals surface area (Å²) in [7, 11) is 0. The maximum Gasteiger partial charge on any atom is 0.0797 e. The standard InChI is InChI=1S/C13H16N2S2/c1-9-3-4-11(14)7-13(9)16-6-5-12-10(2)15-8-17-12/h3-4,7-8H,5-6,14H2,1-2H3. The first-order valence-electron chi connectivity index (χ1n) is 5.54. The minimum absolute atomic E-state index is 0.840. The lowest BCUT2D eigenvalue weighted by Crippen LogP contribution is -1.91. The third-order valence-corrected chi connectivity index (χ3v) is 4.80. The molecule has 2 N–H and O–H groups in total. The summed E-state index contributed by atoms with van der Waals surface area (Å²) in [6.07, 6.45) is 1.08. The SMILES string of the molecule is Cc1ccc(N)cc1SCCc1scnc1C. The number of anilines is 1. The van der Waals surface area contributed by atoms with Crippen molar-refractivity contribution < 1.29 is 0 Å². The number of nitrogens with zero attached hydrogens (tertiary/aromatic N) is 1. The van der Waals surface area contributed by atoms with Crippen molar-refractivity contribution in [1.29, 1.82) is 0 Å². The number of aromatic nitrogens is 1. The van der Waals surface area contributed by atoms with E-state index in [0.717, 1.165) is 17.9 Å². The monoisotopic (exact) mass is 264 g/mol. The normalized spacial score (nSPS) is 10.7. The molecule has 0 atom stereocenters. The Hall–Kier alpha value is -1.00. The van der Waals surface area contributed by atoms with Gasteiger partial charge in [0.15, 0.2) is 0 Å². The highest BCUT2D eigenvalue weighted by Crippen LogP contribution is 2.26. The highest BCUT2D eigenvalue weighted by molar-refractivity contribution is 7.99. The Bertz CT molecular complexity index is 506. The molecule has 90 valence electrons. The second-order valence-electron chi connectivity index (χ2n) is 3.98. The van der Waals surface area contributed by atoms with Crippen LogP contribution in [0.1, 0.15) is 16.1 Å². The molecule has 1 heterocycles. The van der Waals surface area contributed by atoms with Gasteiger partial charge in [0.05, 0.1) is 11.2 Å². The average molecular weight is 264 g/mol. The number of rotatable bonds is 4. The molecule has 0 bridgehead atoms. The van der Waals surface area contributed by atoms with Gasteiger partial charge in [0.1, 0.15) is 0 Å². The molecular formula is C13H16N2S2. The van der Waals surface area contributed by atoms with Crippen molar-refractivity contribution in [3.05, 3.63) is 39.8 Å². The fourth-order valence-corrected chi connectivity index (χ4v) is 3.54. The summed E-state index contributed by atoms with van der Waals surface area (Å²) in [5, 5.41) is 0. The highest BCUT2D eigenvalue weighted by atomic mass is 32.2. The Balaban J connectivity index is 1.94. The zero-order chi connectivity index (χ0) is 12.3. The Morgan fingerprint density at radius 3 is 2.88 bits per heavy atom. The second-order valence-corrected chi connectivity index (χ2v) is 6.06. The summed E-state index contributed by atoms with van der Waals surface area (Å²) >= 11 is 3.61. The van der Waals surface area contributed by atoms with Crippen molar-refractivity contribution in [3.63, 3.8) is 0 Å². The Labute approximate surface area is 110 Å². The van der Waals surface area contributed by atoms with Gasteiger partial charge in [0.2, 0.25) is 0 Å². The van der Waals surface area contributed by atoms with Crippen LogP contribution in [0.15, 0.2) is 28.6 Å². The summed E-state index contributed by atoms with van der Waals surface area (Å²) in [4.78, 5) is 6.94. The Kier molecular flexibility index (Phi) is 4.07. The van der Waals surface area contributed by atoms with Crippen molar-refractivity contribution in [2.24, 2.45) is 0 Å². The summed E-state index contributed by atoms with van der Waals surface area (Å²) in [6, 6.07) is 6.09. The molecule has 17 heavy (non-hydrogen) atoms. The van der Waals surface area contributed by atoms with E-state index in [0.29, 0.717) is 0 Å². The molecule has 0 fully saturated rings. The zero-order valence-corrected chi connectivity index (χ0v) is 11.7. The third-order valence-electron chi connectivity index (χ3n) is 2.64. The lowest BCUT2D eigenvalue weighted by molar-refractivity contribution is 1.12. The first-order chi connectivity index (χ1) is 8.16.